The molecule has 2 aliphatic heterocycles. The van der Waals surface area contributed by atoms with E-state index in [9.17, 15) is 9.18 Å². The Balaban J connectivity index is 1.71. The molecule has 114 valence electrons. The van der Waals surface area contributed by atoms with Crippen LogP contribution in [0.25, 0.3) is 0 Å². The summed E-state index contributed by atoms with van der Waals surface area (Å²) in [6.07, 6.45) is 1.76. The molecule has 6 heteroatoms. The number of benzene rings is 1. The fourth-order valence-corrected chi connectivity index (χ4v) is 3.61. The molecule has 1 aromatic rings. The molecule has 3 rings (SSSR count). The highest BCUT2D eigenvalue weighted by molar-refractivity contribution is 14.1. The minimum absolute atomic E-state index is 0.0397. The molecule has 1 unspecified atom stereocenters. The van der Waals surface area contributed by atoms with Crippen molar-refractivity contribution in [3.8, 4) is 0 Å². The van der Waals surface area contributed by atoms with Gasteiger partial charge in [-0.3, -0.25) is 4.79 Å². The molecule has 2 heterocycles. The van der Waals surface area contributed by atoms with Crippen LogP contribution in [-0.4, -0.2) is 43.4 Å². The zero-order valence-corrected chi connectivity index (χ0v) is 13.7. The van der Waals surface area contributed by atoms with Gasteiger partial charge in [-0.05, 0) is 53.6 Å². The Kier molecular flexibility index (Phi) is 4.75. The average Bonchev–Trinajstić information content (AvgIpc) is 3.01. The summed E-state index contributed by atoms with van der Waals surface area (Å²) in [5.41, 5.74) is 0.561. The molecule has 0 N–H and O–H groups in total. The van der Waals surface area contributed by atoms with Crippen molar-refractivity contribution in [3.05, 3.63) is 33.1 Å². The largest absolute Gasteiger partial charge is 0.350 e. The third-order valence-electron chi connectivity index (χ3n) is 3.94. The third kappa shape index (κ3) is 3.37. The predicted octanol–water partition coefficient (Wildman–Crippen LogP) is 2.66. The maximum absolute atomic E-state index is 13.2. The molecule has 4 nitrogen and oxygen atoms in total. The molecule has 0 aromatic heterocycles. The molecule has 0 saturated carbocycles. The summed E-state index contributed by atoms with van der Waals surface area (Å²) in [5, 5.41) is 0. The first-order chi connectivity index (χ1) is 10.1. The number of hydrogen-bond donors (Lipinski definition) is 0. The lowest BCUT2D eigenvalue weighted by molar-refractivity contribution is -0.0969. The smallest absolute Gasteiger partial charge is 0.254 e. The quantitative estimate of drug-likeness (QED) is 0.711. The van der Waals surface area contributed by atoms with E-state index in [1.54, 1.807) is 6.07 Å². The first-order valence-electron chi connectivity index (χ1n) is 7.12. The summed E-state index contributed by atoms with van der Waals surface area (Å²) in [4.78, 5) is 14.4. The van der Waals surface area contributed by atoms with Gasteiger partial charge >= 0.3 is 0 Å². The van der Waals surface area contributed by atoms with Crippen molar-refractivity contribution in [2.24, 2.45) is 5.92 Å². The van der Waals surface area contributed by atoms with E-state index in [1.165, 1.54) is 12.1 Å². The molecule has 2 fully saturated rings. The van der Waals surface area contributed by atoms with Gasteiger partial charge in [-0.25, -0.2) is 4.39 Å². The van der Waals surface area contributed by atoms with E-state index in [4.69, 9.17) is 9.47 Å². The van der Waals surface area contributed by atoms with E-state index in [0.717, 1.165) is 19.4 Å². The molecule has 0 bridgehead atoms. The number of halogens is 2. The van der Waals surface area contributed by atoms with Gasteiger partial charge in [-0.15, -0.1) is 0 Å². The highest BCUT2D eigenvalue weighted by atomic mass is 127. The SMILES string of the molecule is O=C(c1ccc(F)cc1I)N1CCCC(C2OCCO2)C1. The minimum atomic E-state index is -0.319. The van der Waals surface area contributed by atoms with Crippen LogP contribution in [0.5, 0.6) is 0 Å². The van der Waals surface area contributed by atoms with E-state index < -0.39 is 0 Å². The monoisotopic (exact) mass is 405 g/mol. The number of ether oxygens (including phenoxy) is 2. The highest BCUT2D eigenvalue weighted by Crippen LogP contribution is 2.26. The number of likely N-dealkylation sites (tertiary alicyclic amines) is 1. The number of hydrogen-bond acceptors (Lipinski definition) is 3. The zero-order chi connectivity index (χ0) is 14.8. The van der Waals surface area contributed by atoms with Gasteiger partial charge in [0.05, 0.1) is 18.8 Å². The van der Waals surface area contributed by atoms with Gasteiger partial charge in [0.15, 0.2) is 6.29 Å². The molecule has 1 aromatic carbocycles. The Labute approximate surface area is 136 Å². The number of carbonyl (C=O) groups is 1. The number of nitrogens with zero attached hydrogens (tertiary/aromatic N) is 1. The van der Waals surface area contributed by atoms with Crippen LogP contribution in [0.3, 0.4) is 0 Å². The van der Waals surface area contributed by atoms with Crippen LogP contribution >= 0.6 is 22.6 Å². The Morgan fingerprint density at radius 1 is 1.33 bits per heavy atom. The van der Waals surface area contributed by atoms with Crippen molar-refractivity contribution >= 4 is 28.5 Å². The lowest BCUT2D eigenvalue weighted by Crippen LogP contribution is -2.44. The Hall–Kier alpha value is -0.730. The first-order valence-corrected chi connectivity index (χ1v) is 8.20. The Morgan fingerprint density at radius 2 is 2.10 bits per heavy atom. The molecule has 0 aliphatic carbocycles. The summed E-state index contributed by atoms with van der Waals surface area (Å²) in [7, 11) is 0. The van der Waals surface area contributed by atoms with Gasteiger partial charge in [0.1, 0.15) is 5.82 Å². The zero-order valence-electron chi connectivity index (χ0n) is 11.6. The molecule has 2 saturated heterocycles. The van der Waals surface area contributed by atoms with E-state index in [0.29, 0.717) is 28.9 Å². The van der Waals surface area contributed by atoms with Crippen molar-refractivity contribution < 1.29 is 18.7 Å². The molecule has 0 spiro atoms. The normalized spacial score (nSPS) is 23.5. The van der Waals surface area contributed by atoms with Crippen molar-refractivity contribution in [1.29, 1.82) is 0 Å². The lowest BCUT2D eigenvalue weighted by Gasteiger charge is -2.34. The maximum Gasteiger partial charge on any atom is 0.254 e. The second-order valence-electron chi connectivity index (χ2n) is 5.39. The second kappa shape index (κ2) is 6.58. The van der Waals surface area contributed by atoms with Crippen LogP contribution in [0.1, 0.15) is 23.2 Å². The standard InChI is InChI=1S/C15H17FINO3/c16-11-3-4-12(13(17)8-11)14(19)18-5-1-2-10(9-18)15-20-6-7-21-15/h3-4,8,10,15H,1-2,5-7,9H2. The fourth-order valence-electron chi connectivity index (χ4n) is 2.90. The van der Waals surface area contributed by atoms with Gasteiger partial charge in [0.2, 0.25) is 0 Å². The molecule has 2 aliphatic rings. The van der Waals surface area contributed by atoms with Crippen molar-refractivity contribution in [2.45, 2.75) is 19.1 Å². The predicted molar refractivity (Wildman–Crippen MR) is 83.4 cm³/mol. The number of rotatable bonds is 2. The highest BCUT2D eigenvalue weighted by Gasteiger charge is 2.33. The molecule has 0 radical (unpaired) electrons. The lowest BCUT2D eigenvalue weighted by atomic mass is 9.96. The van der Waals surface area contributed by atoms with Gasteiger partial charge in [0.25, 0.3) is 5.91 Å². The van der Waals surface area contributed by atoms with Gasteiger partial charge < -0.3 is 14.4 Å². The first kappa shape index (κ1) is 15.2. The van der Waals surface area contributed by atoms with Crippen molar-refractivity contribution in [3.63, 3.8) is 0 Å². The third-order valence-corrected chi connectivity index (χ3v) is 4.83. The van der Waals surface area contributed by atoms with Gasteiger partial charge in [0, 0.05) is 22.6 Å². The van der Waals surface area contributed by atoms with Crippen molar-refractivity contribution in [2.75, 3.05) is 26.3 Å². The molecular formula is C15H17FINO3. The molecule has 21 heavy (non-hydrogen) atoms. The van der Waals surface area contributed by atoms with Crippen LogP contribution in [0.4, 0.5) is 4.39 Å². The average molecular weight is 405 g/mol. The maximum atomic E-state index is 13.2. The molecule has 1 atom stereocenters. The summed E-state index contributed by atoms with van der Waals surface area (Å²) >= 11 is 2.00. The number of amides is 1. The number of carbonyl (C=O) groups excluding carboxylic acids is 1. The Morgan fingerprint density at radius 3 is 2.81 bits per heavy atom. The second-order valence-corrected chi connectivity index (χ2v) is 6.55. The van der Waals surface area contributed by atoms with E-state index in [2.05, 4.69) is 0 Å². The topological polar surface area (TPSA) is 38.8 Å². The van der Waals surface area contributed by atoms with E-state index in [1.807, 2.05) is 27.5 Å². The van der Waals surface area contributed by atoms with Gasteiger partial charge in [-0.2, -0.15) is 0 Å². The minimum Gasteiger partial charge on any atom is -0.350 e. The summed E-state index contributed by atoms with van der Waals surface area (Å²) < 4.78 is 24.9. The summed E-state index contributed by atoms with van der Waals surface area (Å²) in [6.45, 7) is 2.63. The summed E-state index contributed by atoms with van der Waals surface area (Å²) in [5.74, 6) is -0.134. The van der Waals surface area contributed by atoms with Gasteiger partial charge in [-0.1, -0.05) is 0 Å². The van der Waals surface area contributed by atoms with E-state index >= 15 is 0 Å². The van der Waals surface area contributed by atoms with Crippen LogP contribution in [0.15, 0.2) is 18.2 Å². The van der Waals surface area contributed by atoms with Crippen LogP contribution < -0.4 is 0 Å². The van der Waals surface area contributed by atoms with Crippen LogP contribution in [0.2, 0.25) is 0 Å². The van der Waals surface area contributed by atoms with E-state index in [-0.39, 0.29) is 23.9 Å². The Bertz CT molecular complexity index is 534. The van der Waals surface area contributed by atoms with Crippen LogP contribution in [-0.2, 0) is 9.47 Å². The number of piperidine rings is 1. The van der Waals surface area contributed by atoms with Crippen molar-refractivity contribution in [1.82, 2.24) is 4.90 Å². The fraction of sp³-hybridized carbons (Fsp3) is 0.533. The van der Waals surface area contributed by atoms with Crippen LogP contribution in [0, 0.1) is 15.3 Å². The summed E-state index contributed by atoms with van der Waals surface area (Å²) in [6, 6.07) is 4.28. The molecule has 1 amide bonds. The molecular weight excluding hydrogens is 388 g/mol.